The van der Waals surface area contributed by atoms with Gasteiger partial charge in [0.25, 0.3) is 0 Å². The Morgan fingerprint density at radius 1 is 1.28 bits per heavy atom. The molecule has 0 aromatic heterocycles. The van der Waals surface area contributed by atoms with Gasteiger partial charge in [-0.25, -0.2) is 0 Å². The van der Waals surface area contributed by atoms with Gasteiger partial charge in [-0.2, -0.15) is 0 Å². The van der Waals surface area contributed by atoms with Crippen LogP contribution < -0.4 is 16.0 Å². The Labute approximate surface area is 192 Å². The van der Waals surface area contributed by atoms with Crippen LogP contribution in [0, 0.1) is 12.8 Å². The molecule has 3 unspecified atom stereocenters. The fourth-order valence-corrected chi connectivity index (χ4v) is 5.63. The maximum absolute atomic E-state index is 12.8. The summed E-state index contributed by atoms with van der Waals surface area (Å²) < 4.78 is 4.85. The molecule has 32 heavy (non-hydrogen) atoms. The molecule has 1 aromatic rings. The second-order valence-electron chi connectivity index (χ2n) is 8.39. The lowest BCUT2D eigenvalue weighted by molar-refractivity contribution is -0.144. The van der Waals surface area contributed by atoms with E-state index in [1.807, 2.05) is 6.07 Å². The molecule has 2 fully saturated rings. The first-order valence-corrected chi connectivity index (χ1v) is 12.1. The molecule has 1 aromatic carbocycles. The Kier molecular flexibility index (Phi) is 7.17. The Morgan fingerprint density at radius 3 is 2.78 bits per heavy atom. The lowest BCUT2D eigenvalue weighted by Gasteiger charge is -2.43. The number of piperidine rings is 1. The number of hydrogen-bond acceptors (Lipinski definition) is 7. The van der Waals surface area contributed by atoms with E-state index < -0.39 is 5.97 Å². The SMILES string of the molecule is CCOC(=O)CNC(=O)C1CCN(C2NC(=O)C3SC=C(c4cccc(C)c4)C3N2)CC1. The predicted molar refractivity (Wildman–Crippen MR) is 123 cm³/mol. The molecule has 8 nitrogen and oxygen atoms in total. The number of hydrogen-bond donors (Lipinski definition) is 3. The van der Waals surface area contributed by atoms with Crippen LogP contribution in [0.3, 0.4) is 0 Å². The van der Waals surface area contributed by atoms with Crippen molar-refractivity contribution < 1.29 is 19.1 Å². The van der Waals surface area contributed by atoms with Crippen molar-refractivity contribution in [3.05, 3.63) is 40.8 Å². The van der Waals surface area contributed by atoms with Gasteiger partial charge in [0, 0.05) is 19.0 Å². The highest BCUT2D eigenvalue weighted by molar-refractivity contribution is 8.04. The lowest BCUT2D eigenvalue weighted by atomic mass is 9.94. The number of likely N-dealkylation sites (tertiary alicyclic amines) is 1. The highest BCUT2D eigenvalue weighted by Gasteiger charge is 2.44. The van der Waals surface area contributed by atoms with Gasteiger partial charge in [-0.15, -0.1) is 11.8 Å². The van der Waals surface area contributed by atoms with Gasteiger partial charge in [0.05, 0.1) is 12.6 Å². The van der Waals surface area contributed by atoms with Crippen molar-refractivity contribution in [2.75, 3.05) is 26.2 Å². The zero-order valence-electron chi connectivity index (χ0n) is 18.4. The number of amides is 2. The predicted octanol–water partition coefficient (Wildman–Crippen LogP) is 1.21. The highest BCUT2D eigenvalue weighted by atomic mass is 32.2. The molecule has 4 rings (SSSR count). The number of rotatable bonds is 6. The first-order valence-electron chi connectivity index (χ1n) is 11.1. The third-order valence-electron chi connectivity index (χ3n) is 6.18. The second-order valence-corrected chi connectivity index (χ2v) is 9.40. The lowest BCUT2D eigenvalue weighted by Crippen LogP contribution is -2.68. The van der Waals surface area contributed by atoms with E-state index in [1.165, 1.54) is 5.56 Å². The average Bonchev–Trinajstić information content (AvgIpc) is 3.22. The minimum absolute atomic E-state index is 0.0388. The number of benzene rings is 1. The summed E-state index contributed by atoms with van der Waals surface area (Å²) in [5, 5.41) is 11.3. The molecule has 3 N–H and O–H groups in total. The van der Waals surface area contributed by atoms with Gasteiger partial charge in [-0.05, 0) is 43.2 Å². The molecular weight excluding hydrogens is 428 g/mol. The second kappa shape index (κ2) is 10.1. The fraction of sp³-hybridized carbons (Fsp3) is 0.522. The van der Waals surface area contributed by atoms with E-state index in [-0.39, 0.29) is 41.9 Å². The van der Waals surface area contributed by atoms with Gasteiger partial charge >= 0.3 is 5.97 Å². The summed E-state index contributed by atoms with van der Waals surface area (Å²) in [7, 11) is 0. The van der Waals surface area contributed by atoms with Crippen molar-refractivity contribution in [2.45, 2.75) is 44.3 Å². The molecule has 2 saturated heterocycles. The van der Waals surface area contributed by atoms with Gasteiger partial charge in [0.2, 0.25) is 11.8 Å². The van der Waals surface area contributed by atoms with E-state index in [0.29, 0.717) is 32.5 Å². The number of carbonyl (C=O) groups is 3. The minimum atomic E-state index is -0.422. The molecule has 3 heterocycles. The van der Waals surface area contributed by atoms with Crippen LogP contribution in [0.4, 0.5) is 0 Å². The van der Waals surface area contributed by atoms with Crippen LogP contribution in [-0.2, 0) is 19.1 Å². The first kappa shape index (κ1) is 22.8. The zero-order valence-corrected chi connectivity index (χ0v) is 19.2. The molecule has 0 aliphatic carbocycles. The number of carbonyl (C=O) groups excluding carboxylic acids is 3. The van der Waals surface area contributed by atoms with Crippen LogP contribution in [0.5, 0.6) is 0 Å². The summed E-state index contributed by atoms with van der Waals surface area (Å²) in [6, 6.07) is 8.30. The van der Waals surface area contributed by atoms with Gasteiger partial charge in [-0.3, -0.25) is 24.6 Å². The minimum Gasteiger partial charge on any atom is -0.465 e. The van der Waals surface area contributed by atoms with E-state index in [9.17, 15) is 14.4 Å². The number of ether oxygens (including phenoxy) is 1. The summed E-state index contributed by atoms with van der Waals surface area (Å²) >= 11 is 1.56. The molecular formula is C23H30N4O4S. The van der Waals surface area contributed by atoms with Crippen LogP contribution in [-0.4, -0.2) is 66.5 Å². The topological polar surface area (TPSA) is 99.8 Å². The molecule has 0 radical (unpaired) electrons. The average molecular weight is 459 g/mol. The Bertz CT molecular complexity index is 913. The number of fused-ring (bicyclic) bond motifs is 1. The van der Waals surface area contributed by atoms with E-state index in [1.54, 1.807) is 18.7 Å². The van der Waals surface area contributed by atoms with Crippen LogP contribution >= 0.6 is 11.8 Å². The summed E-state index contributed by atoms with van der Waals surface area (Å²) in [6.07, 6.45) is 1.08. The van der Waals surface area contributed by atoms with Crippen LogP contribution in [0.1, 0.15) is 30.9 Å². The number of esters is 1. The van der Waals surface area contributed by atoms with E-state index >= 15 is 0 Å². The fourth-order valence-electron chi connectivity index (χ4n) is 4.48. The number of nitrogens with zero attached hydrogens (tertiary/aromatic N) is 1. The maximum atomic E-state index is 12.8. The smallest absolute Gasteiger partial charge is 0.325 e. The number of thioether (sulfide) groups is 1. The Balaban J connectivity index is 1.33. The van der Waals surface area contributed by atoms with Crippen molar-refractivity contribution in [3.63, 3.8) is 0 Å². The molecule has 3 atom stereocenters. The largest absolute Gasteiger partial charge is 0.465 e. The summed E-state index contributed by atoms with van der Waals surface area (Å²) in [5.41, 5.74) is 3.48. The molecule has 3 aliphatic heterocycles. The van der Waals surface area contributed by atoms with E-state index in [2.05, 4.69) is 51.4 Å². The number of nitrogens with one attached hydrogen (secondary N) is 3. The monoisotopic (exact) mass is 458 g/mol. The van der Waals surface area contributed by atoms with Crippen LogP contribution in [0.15, 0.2) is 29.7 Å². The van der Waals surface area contributed by atoms with Crippen molar-refractivity contribution in [3.8, 4) is 0 Å². The maximum Gasteiger partial charge on any atom is 0.325 e. The molecule has 3 aliphatic rings. The quantitative estimate of drug-likeness (QED) is 0.551. The summed E-state index contributed by atoms with van der Waals surface area (Å²) in [4.78, 5) is 38.8. The van der Waals surface area contributed by atoms with Gasteiger partial charge in [0.15, 0.2) is 0 Å². The molecule has 0 bridgehead atoms. The van der Waals surface area contributed by atoms with Crippen molar-refractivity contribution in [1.82, 2.24) is 20.9 Å². The van der Waals surface area contributed by atoms with Gasteiger partial charge in [0.1, 0.15) is 18.1 Å². The normalized spacial score (nSPS) is 26.1. The molecule has 2 amide bonds. The van der Waals surface area contributed by atoms with Crippen LogP contribution in [0.25, 0.3) is 5.57 Å². The summed E-state index contributed by atoms with van der Waals surface area (Å²) in [6.45, 7) is 5.38. The van der Waals surface area contributed by atoms with Gasteiger partial charge in [-0.1, -0.05) is 29.8 Å². The summed E-state index contributed by atoms with van der Waals surface area (Å²) in [5.74, 6) is -0.640. The molecule has 0 saturated carbocycles. The Hall–Kier alpha value is -2.36. The molecule has 172 valence electrons. The number of aryl methyl sites for hydroxylation is 1. The molecule has 9 heteroatoms. The third kappa shape index (κ3) is 5.00. The first-order chi connectivity index (χ1) is 15.5. The Morgan fingerprint density at radius 2 is 2.06 bits per heavy atom. The van der Waals surface area contributed by atoms with E-state index in [0.717, 1.165) is 11.1 Å². The zero-order chi connectivity index (χ0) is 22.7. The van der Waals surface area contributed by atoms with Crippen molar-refractivity contribution in [2.24, 2.45) is 5.92 Å². The van der Waals surface area contributed by atoms with Crippen molar-refractivity contribution >= 4 is 35.1 Å². The highest BCUT2D eigenvalue weighted by Crippen LogP contribution is 2.38. The van der Waals surface area contributed by atoms with Gasteiger partial charge < -0.3 is 15.4 Å². The standard InChI is InChI=1S/C23H30N4O4S/c1-3-31-18(28)12-24-21(29)15-7-9-27(10-8-15)23-25-19-17(13-32-20(19)22(30)26-23)16-6-4-5-14(2)11-16/h4-6,11,13,15,19-20,23,25H,3,7-10,12H2,1-2H3,(H,24,29)(H,26,30). The van der Waals surface area contributed by atoms with Crippen LogP contribution in [0.2, 0.25) is 0 Å². The third-order valence-corrected chi connectivity index (χ3v) is 7.35. The van der Waals surface area contributed by atoms with E-state index in [4.69, 9.17) is 4.74 Å². The van der Waals surface area contributed by atoms with Crippen molar-refractivity contribution in [1.29, 1.82) is 0 Å². The molecule has 0 spiro atoms.